The van der Waals surface area contributed by atoms with Crippen molar-refractivity contribution in [2.24, 2.45) is 5.73 Å². The van der Waals surface area contributed by atoms with E-state index in [9.17, 15) is 4.79 Å². The molecule has 1 aromatic carbocycles. The Labute approximate surface area is 165 Å². The van der Waals surface area contributed by atoms with Crippen LogP contribution in [0.25, 0.3) is 10.2 Å². The smallest absolute Gasteiger partial charge is 0.264 e. The minimum atomic E-state index is -0.0576. The highest BCUT2D eigenvalue weighted by Gasteiger charge is 2.23. The Balaban J connectivity index is 1.85. The number of hydrazine groups is 1. The Bertz CT molecular complexity index is 1090. The van der Waals surface area contributed by atoms with Gasteiger partial charge in [-0.1, -0.05) is 24.3 Å². The highest BCUT2D eigenvalue weighted by molar-refractivity contribution is 7.80. The van der Waals surface area contributed by atoms with Crippen LogP contribution in [0.2, 0.25) is 0 Å². The Hall–Kier alpha value is -2.71. The van der Waals surface area contributed by atoms with Gasteiger partial charge in [0.05, 0.1) is 11.1 Å². The Kier molecular flexibility index (Phi) is 4.67. The molecule has 0 radical (unpaired) electrons. The first-order chi connectivity index (χ1) is 13.1. The molecular formula is C19H19N5OS2. The van der Waals surface area contributed by atoms with Crippen LogP contribution < -0.4 is 21.7 Å². The Morgan fingerprint density at radius 3 is 2.89 bits per heavy atom. The van der Waals surface area contributed by atoms with Crippen LogP contribution in [0.15, 0.2) is 47.8 Å². The summed E-state index contributed by atoms with van der Waals surface area (Å²) in [5, 5.41) is 2.42. The van der Waals surface area contributed by atoms with Crippen LogP contribution in [0.5, 0.6) is 0 Å². The van der Waals surface area contributed by atoms with Crippen LogP contribution in [0.4, 0.5) is 11.6 Å². The van der Waals surface area contributed by atoms with E-state index in [1.54, 1.807) is 27.0 Å². The third kappa shape index (κ3) is 3.11. The van der Waals surface area contributed by atoms with Crippen molar-refractivity contribution in [3.8, 4) is 0 Å². The van der Waals surface area contributed by atoms with Crippen molar-refractivity contribution in [3.05, 3.63) is 63.8 Å². The van der Waals surface area contributed by atoms with Gasteiger partial charge in [0.2, 0.25) is 5.95 Å². The number of anilines is 2. The second-order valence-corrected chi connectivity index (χ2v) is 7.80. The van der Waals surface area contributed by atoms with Crippen LogP contribution >= 0.6 is 23.6 Å². The van der Waals surface area contributed by atoms with Crippen molar-refractivity contribution < 1.29 is 0 Å². The van der Waals surface area contributed by atoms with E-state index in [1.165, 1.54) is 4.88 Å². The summed E-state index contributed by atoms with van der Waals surface area (Å²) in [6, 6.07) is 9.44. The van der Waals surface area contributed by atoms with Crippen molar-refractivity contribution in [1.82, 2.24) is 9.55 Å². The van der Waals surface area contributed by atoms with Crippen LogP contribution in [-0.2, 0) is 19.4 Å². The van der Waals surface area contributed by atoms with E-state index in [1.807, 2.05) is 30.3 Å². The van der Waals surface area contributed by atoms with Gasteiger partial charge in [-0.2, -0.15) is 0 Å². The quantitative estimate of drug-likeness (QED) is 0.391. The normalized spacial score (nSPS) is 12.7. The summed E-state index contributed by atoms with van der Waals surface area (Å²) < 4.78 is 1.58. The minimum absolute atomic E-state index is 0.0576. The summed E-state index contributed by atoms with van der Waals surface area (Å²) in [6.07, 6.45) is 4.74. The predicted molar refractivity (Wildman–Crippen MR) is 115 cm³/mol. The molecule has 2 heterocycles. The molecule has 3 aromatic rings. The van der Waals surface area contributed by atoms with Crippen LogP contribution in [0, 0.1) is 0 Å². The van der Waals surface area contributed by atoms with E-state index < -0.39 is 0 Å². The SMILES string of the molecule is C=CCn1c(NN(C(N)=S)c2ccccc2)nc2sc3c(c2c1=O)CCC3. The highest BCUT2D eigenvalue weighted by atomic mass is 32.1. The minimum Gasteiger partial charge on any atom is -0.374 e. The fraction of sp³-hybridized carbons (Fsp3) is 0.211. The molecule has 138 valence electrons. The third-order valence-corrected chi connectivity index (χ3v) is 5.95. The maximum absolute atomic E-state index is 13.2. The van der Waals surface area contributed by atoms with Crippen molar-refractivity contribution in [2.75, 3.05) is 10.4 Å². The van der Waals surface area contributed by atoms with E-state index in [0.717, 1.165) is 40.7 Å². The first-order valence-corrected chi connectivity index (χ1v) is 9.90. The summed E-state index contributed by atoms with van der Waals surface area (Å²) in [5.74, 6) is 0.393. The zero-order chi connectivity index (χ0) is 19.0. The number of rotatable bonds is 5. The van der Waals surface area contributed by atoms with Crippen molar-refractivity contribution in [3.63, 3.8) is 0 Å². The lowest BCUT2D eigenvalue weighted by atomic mass is 10.2. The number of benzene rings is 1. The van der Waals surface area contributed by atoms with Gasteiger partial charge in [-0.15, -0.1) is 17.9 Å². The molecule has 0 saturated heterocycles. The van der Waals surface area contributed by atoms with Gasteiger partial charge in [-0.3, -0.25) is 14.8 Å². The fourth-order valence-electron chi connectivity index (χ4n) is 3.38. The average molecular weight is 398 g/mol. The number of fused-ring (bicyclic) bond motifs is 3. The van der Waals surface area contributed by atoms with E-state index in [-0.39, 0.29) is 10.7 Å². The molecule has 6 nitrogen and oxygen atoms in total. The second kappa shape index (κ2) is 7.13. The monoisotopic (exact) mass is 397 g/mol. The van der Waals surface area contributed by atoms with E-state index >= 15 is 0 Å². The number of nitrogens with two attached hydrogens (primary N) is 1. The van der Waals surface area contributed by atoms with E-state index in [4.69, 9.17) is 22.9 Å². The molecule has 0 spiro atoms. The van der Waals surface area contributed by atoms with Gasteiger partial charge in [0, 0.05) is 11.4 Å². The molecule has 1 aliphatic carbocycles. The number of thiophene rings is 1. The van der Waals surface area contributed by atoms with E-state index in [2.05, 4.69) is 12.0 Å². The third-order valence-electron chi connectivity index (χ3n) is 4.58. The van der Waals surface area contributed by atoms with Crippen LogP contribution in [0.3, 0.4) is 0 Å². The number of para-hydroxylation sites is 1. The number of nitrogens with zero attached hydrogens (tertiary/aromatic N) is 3. The number of hydrogen-bond donors (Lipinski definition) is 2. The highest BCUT2D eigenvalue weighted by Crippen LogP contribution is 2.35. The first kappa shape index (κ1) is 17.7. The summed E-state index contributed by atoms with van der Waals surface area (Å²) >= 11 is 6.80. The first-order valence-electron chi connectivity index (χ1n) is 8.67. The fourth-order valence-corrected chi connectivity index (χ4v) is 4.79. The molecule has 0 aliphatic heterocycles. The van der Waals surface area contributed by atoms with Gasteiger partial charge < -0.3 is 5.73 Å². The number of allylic oxidation sites excluding steroid dienone is 1. The van der Waals surface area contributed by atoms with Gasteiger partial charge in [-0.25, -0.2) is 9.99 Å². The largest absolute Gasteiger partial charge is 0.374 e. The molecular weight excluding hydrogens is 378 g/mol. The molecule has 27 heavy (non-hydrogen) atoms. The lowest BCUT2D eigenvalue weighted by molar-refractivity contribution is 0.772. The molecule has 3 N–H and O–H groups in total. The molecule has 0 atom stereocenters. The zero-order valence-corrected chi connectivity index (χ0v) is 16.3. The molecule has 0 bridgehead atoms. The standard InChI is InChI=1S/C19H19N5OS2/c1-2-11-23-17(25)15-13-9-6-10-14(13)27-16(15)21-19(23)22-24(18(20)26)12-7-4-3-5-8-12/h2-5,7-8H,1,6,9-11H2,(H2,20,26)(H,21,22). The molecule has 2 aromatic heterocycles. The number of aromatic nitrogens is 2. The summed E-state index contributed by atoms with van der Waals surface area (Å²) in [5.41, 5.74) is 10.9. The van der Waals surface area contributed by atoms with Crippen LogP contribution in [-0.4, -0.2) is 14.7 Å². The Morgan fingerprint density at radius 2 is 2.19 bits per heavy atom. The second-order valence-electron chi connectivity index (χ2n) is 6.30. The maximum atomic E-state index is 13.2. The summed E-state index contributed by atoms with van der Waals surface area (Å²) in [6.45, 7) is 4.12. The van der Waals surface area contributed by atoms with Crippen LogP contribution in [0.1, 0.15) is 16.9 Å². The number of aryl methyl sites for hydroxylation is 2. The lowest BCUT2D eigenvalue weighted by Gasteiger charge is -2.25. The molecule has 0 amide bonds. The van der Waals surface area contributed by atoms with Gasteiger partial charge >= 0.3 is 0 Å². The molecule has 8 heteroatoms. The van der Waals surface area contributed by atoms with Crippen molar-refractivity contribution in [1.29, 1.82) is 0 Å². The number of nitrogens with one attached hydrogen (secondary N) is 1. The van der Waals surface area contributed by atoms with Gasteiger partial charge in [0.25, 0.3) is 5.56 Å². The lowest BCUT2D eigenvalue weighted by Crippen LogP contribution is -2.42. The summed E-state index contributed by atoms with van der Waals surface area (Å²) in [7, 11) is 0. The zero-order valence-electron chi connectivity index (χ0n) is 14.6. The van der Waals surface area contributed by atoms with Gasteiger partial charge in [0.15, 0.2) is 5.11 Å². The molecule has 0 fully saturated rings. The molecule has 1 aliphatic rings. The van der Waals surface area contributed by atoms with E-state index in [0.29, 0.717) is 12.5 Å². The topological polar surface area (TPSA) is 76.2 Å². The molecule has 0 saturated carbocycles. The average Bonchev–Trinajstić information content (AvgIpc) is 3.23. The number of hydrogen-bond acceptors (Lipinski definition) is 5. The van der Waals surface area contributed by atoms with Gasteiger partial charge in [-0.05, 0) is 49.2 Å². The summed E-state index contributed by atoms with van der Waals surface area (Å²) in [4.78, 5) is 20.0. The molecule has 0 unspecified atom stereocenters. The maximum Gasteiger partial charge on any atom is 0.264 e. The predicted octanol–water partition coefficient (Wildman–Crippen LogP) is 3.21. The van der Waals surface area contributed by atoms with Crippen molar-refractivity contribution in [2.45, 2.75) is 25.8 Å². The van der Waals surface area contributed by atoms with Crippen molar-refractivity contribution >= 4 is 50.5 Å². The Morgan fingerprint density at radius 1 is 1.41 bits per heavy atom. The van der Waals surface area contributed by atoms with Gasteiger partial charge in [0.1, 0.15) is 4.83 Å². The molecule has 4 rings (SSSR count). The number of thiocarbonyl (C=S) groups is 1.